The number of benzene rings is 1. The summed E-state index contributed by atoms with van der Waals surface area (Å²) in [6.07, 6.45) is 0.0746. The molecule has 19 heavy (non-hydrogen) atoms. The fourth-order valence-corrected chi connectivity index (χ4v) is 2.75. The van der Waals surface area contributed by atoms with Crippen LogP contribution in [0.1, 0.15) is 26.3 Å². The maximum atomic E-state index is 12.4. The fourth-order valence-electron chi connectivity index (χ4n) is 2.75. The highest BCUT2D eigenvalue weighted by atomic mass is 16.5. The van der Waals surface area contributed by atoms with Gasteiger partial charge in [0.2, 0.25) is 5.91 Å². The van der Waals surface area contributed by atoms with E-state index in [1.807, 2.05) is 38.1 Å². The first-order chi connectivity index (χ1) is 9.04. The van der Waals surface area contributed by atoms with E-state index in [1.54, 1.807) is 0 Å². The lowest BCUT2D eigenvalue weighted by atomic mass is 9.88. The third-order valence-corrected chi connectivity index (χ3v) is 4.04. The zero-order chi connectivity index (χ0) is 14.0. The Morgan fingerprint density at radius 3 is 2.53 bits per heavy atom. The van der Waals surface area contributed by atoms with E-state index >= 15 is 0 Å². The third-order valence-electron chi connectivity index (χ3n) is 4.04. The van der Waals surface area contributed by atoms with Crippen molar-refractivity contribution in [1.29, 1.82) is 0 Å². The van der Waals surface area contributed by atoms with Crippen molar-refractivity contribution >= 4 is 11.6 Å². The van der Waals surface area contributed by atoms with Gasteiger partial charge in [0.1, 0.15) is 0 Å². The molecule has 1 amide bonds. The van der Waals surface area contributed by atoms with Gasteiger partial charge in [0.15, 0.2) is 0 Å². The van der Waals surface area contributed by atoms with Crippen LogP contribution in [0.25, 0.3) is 0 Å². The predicted octanol–water partition coefficient (Wildman–Crippen LogP) is 2.14. The Morgan fingerprint density at radius 2 is 1.95 bits per heavy atom. The number of carbonyl (C=O) groups excluding carboxylic acids is 1. The molecule has 1 saturated heterocycles. The van der Waals surface area contributed by atoms with Gasteiger partial charge in [-0.3, -0.25) is 4.79 Å². The Morgan fingerprint density at radius 1 is 1.26 bits per heavy atom. The summed E-state index contributed by atoms with van der Waals surface area (Å²) in [4.78, 5) is 12.4. The van der Waals surface area contributed by atoms with E-state index in [2.05, 4.69) is 12.2 Å². The zero-order valence-electron chi connectivity index (χ0n) is 11.7. The molecule has 1 aliphatic rings. The molecule has 104 valence electrons. The van der Waals surface area contributed by atoms with E-state index < -0.39 is 0 Å². The first-order valence-electron chi connectivity index (χ1n) is 6.79. The summed E-state index contributed by atoms with van der Waals surface area (Å²) in [6, 6.07) is 7.63. The van der Waals surface area contributed by atoms with Crippen molar-refractivity contribution in [1.82, 2.24) is 0 Å². The Balaban J connectivity index is 2.13. The maximum absolute atomic E-state index is 12.4. The molecule has 4 atom stereocenters. The molecule has 1 aromatic carbocycles. The summed E-state index contributed by atoms with van der Waals surface area (Å²) in [5.74, 6) is 0.131. The van der Waals surface area contributed by atoms with E-state index in [4.69, 9.17) is 10.5 Å². The largest absolute Gasteiger partial charge is 0.374 e. The SMILES string of the molecule is CC1OC(C)C(C(=O)Nc2ccccc2CN)C1C. The molecule has 4 nitrogen and oxygen atoms in total. The maximum Gasteiger partial charge on any atom is 0.230 e. The molecule has 1 aliphatic heterocycles. The van der Waals surface area contributed by atoms with Crippen molar-refractivity contribution in [3.8, 4) is 0 Å². The molecule has 0 bridgehead atoms. The fraction of sp³-hybridized carbons (Fsp3) is 0.533. The molecule has 4 unspecified atom stereocenters. The smallest absolute Gasteiger partial charge is 0.230 e. The lowest BCUT2D eigenvalue weighted by molar-refractivity contribution is -0.121. The van der Waals surface area contributed by atoms with Gasteiger partial charge in [-0.1, -0.05) is 25.1 Å². The van der Waals surface area contributed by atoms with Crippen LogP contribution in [0.3, 0.4) is 0 Å². The highest BCUT2D eigenvalue weighted by Crippen LogP contribution is 2.33. The molecular formula is C15H22N2O2. The monoisotopic (exact) mass is 262 g/mol. The third kappa shape index (κ3) is 2.80. The van der Waals surface area contributed by atoms with E-state index in [-0.39, 0.29) is 30.0 Å². The summed E-state index contributed by atoms with van der Waals surface area (Å²) in [7, 11) is 0. The topological polar surface area (TPSA) is 64.3 Å². The number of hydrogen-bond donors (Lipinski definition) is 2. The number of para-hydroxylation sites is 1. The van der Waals surface area contributed by atoms with Gasteiger partial charge >= 0.3 is 0 Å². The van der Waals surface area contributed by atoms with Crippen molar-refractivity contribution < 1.29 is 9.53 Å². The van der Waals surface area contributed by atoms with Crippen LogP contribution in [-0.2, 0) is 16.1 Å². The molecule has 2 rings (SSSR count). The first kappa shape index (κ1) is 14.0. The molecule has 0 radical (unpaired) electrons. The van der Waals surface area contributed by atoms with Crippen LogP contribution < -0.4 is 11.1 Å². The Hall–Kier alpha value is -1.39. The number of nitrogens with two attached hydrogens (primary N) is 1. The molecule has 1 fully saturated rings. The molecule has 0 aromatic heterocycles. The zero-order valence-corrected chi connectivity index (χ0v) is 11.7. The van der Waals surface area contributed by atoms with Gasteiger partial charge in [-0.2, -0.15) is 0 Å². The van der Waals surface area contributed by atoms with Crippen LogP contribution in [0.5, 0.6) is 0 Å². The molecule has 3 N–H and O–H groups in total. The Kier molecular flexibility index (Phi) is 4.22. The van der Waals surface area contributed by atoms with E-state index in [1.165, 1.54) is 0 Å². The second kappa shape index (κ2) is 5.72. The molecular weight excluding hydrogens is 240 g/mol. The van der Waals surface area contributed by atoms with Crippen LogP contribution in [0.2, 0.25) is 0 Å². The van der Waals surface area contributed by atoms with Gasteiger partial charge in [-0.25, -0.2) is 0 Å². The highest BCUT2D eigenvalue weighted by Gasteiger charge is 2.41. The summed E-state index contributed by atoms with van der Waals surface area (Å²) < 4.78 is 5.72. The highest BCUT2D eigenvalue weighted by molar-refractivity contribution is 5.94. The van der Waals surface area contributed by atoms with E-state index in [9.17, 15) is 4.79 Å². The van der Waals surface area contributed by atoms with E-state index in [0.717, 1.165) is 11.3 Å². The van der Waals surface area contributed by atoms with Crippen molar-refractivity contribution in [2.24, 2.45) is 17.6 Å². The molecule has 0 spiro atoms. The van der Waals surface area contributed by atoms with Gasteiger partial charge in [-0.05, 0) is 31.4 Å². The van der Waals surface area contributed by atoms with Crippen LogP contribution in [0, 0.1) is 11.8 Å². The van der Waals surface area contributed by atoms with Crippen molar-refractivity contribution in [2.75, 3.05) is 5.32 Å². The van der Waals surface area contributed by atoms with Crippen molar-refractivity contribution in [2.45, 2.75) is 39.5 Å². The lowest BCUT2D eigenvalue weighted by Crippen LogP contribution is -2.32. The minimum absolute atomic E-state index is 0.0188. The van der Waals surface area contributed by atoms with Crippen molar-refractivity contribution in [3.63, 3.8) is 0 Å². The number of ether oxygens (including phenoxy) is 1. The quantitative estimate of drug-likeness (QED) is 0.877. The number of rotatable bonds is 3. The second-order valence-electron chi connectivity index (χ2n) is 5.28. The number of hydrogen-bond acceptors (Lipinski definition) is 3. The Bertz CT molecular complexity index is 461. The average Bonchev–Trinajstić information content (AvgIpc) is 2.64. The van der Waals surface area contributed by atoms with Gasteiger partial charge in [0.05, 0.1) is 18.1 Å². The summed E-state index contributed by atoms with van der Waals surface area (Å²) in [6.45, 7) is 6.45. The predicted molar refractivity (Wildman–Crippen MR) is 75.6 cm³/mol. The summed E-state index contributed by atoms with van der Waals surface area (Å²) >= 11 is 0. The molecule has 4 heteroatoms. The summed E-state index contributed by atoms with van der Waals surface area (Å²) in [5, 5.41) is 2.99. The second-order valence-corrected chi connectivity index (χ2v) is 5.28. The normalized spacial score (nSPS) is 30.3. The first-order valence-corrected chi connectivity index (χ1v) is 6.79. The number of carbonyl (C=O) groups is 1. The van der Waals surface area contributed by atoms with Gasteiger partial charge in [-0.15, -0.1) is 0 Å². The minimum Gasteiger partial charge on any atom is -0.374 e. The van der Waals surface area contributed by atoms with Crippen LogP contribution in [0.4, 0.5) is 5.69 Å². The van der Waals surface area contributed by atoms with Crippen LogP contribution in [0.15, 0.2) is 24.3 Å². The summed E-state index contributed by atoms with van der Waals surface area (Å²) in [5.41, 5.74) is 7.43. The Labute approximate surface area is 114 Å². The van der Waals surface area contributed by atoms with E-state index in [0.29, 0.717) is 6.54 Å². The minimum atomic E-state index is -0.110. The number of amides is 1. The molecule has 0 aliphatic carbocycles. The van der Waals surface area contributed by atoms with Crippen LogP contribution >= 0.6 is 0 Å². The standard InChI is InChI=1S/C15H22N2O2/c1-9-10(2)19-11(3)14(9)15(18)17-13-7-5-4-6-12(13)8-16/h4-7,9-11,14H,8,16H2,1-3H3,(H,17,18). The molecule has 0 saturated carbocycles. The van der Waals surface area contributed by atoms with Gasteiger partial charge in [0, 0.05) is 12.2 Å². The lowest BCUT2D eigenvalue weighted by Gasteiger charge is -2.19. The number of nitrogens with one attached hydrogen (secondary N) is 1. The van der Waals surface area contributed by atoms with Crippen molar-refractivity contribution in [3.05, 3.63) is 29.8 Å². The average molecular weight is 262 g/mol. The number of anilines is 1. The molecule has 1 aromatic rings. The van der Waals surface area contributed by atoms with Gasteiger partial charge < -0.3 is 15.8 Å². The van der Waals surface area contributed by atoms with Crippen LogP contribution in [-0.4, -0.2) is 18.1 Å². The van der Waals surface area contributed by atoms with Gasteiger partial charge in [0.25, 0.3) is 0 Å². The molecule has 1 heterocycles.